The number of esters is 1. The van der Waals surface area contributed by atoms with Crippen molar-refractivity contribution in [2.45, 2.75) is 18.9 Å². The first-order chi connectivity index (χ1) is 7.53. The molecule has 6 heteroatoms. The van der Waals surface area contributed by atoms with Crippen LogP contribution in [0.4, 0.5) is 0 Å². The second-order valence-electron chi connectivity index (χ2n) is 3.60. The Balaban J connectivity index is 2.24. The molecule has 0 bridgehead atoms. The third-order valence-electron chi connectivity index (χ3n) is 2.41. The van der Waals surface area contributed by atoms with Crippen molar-refractivity contribution in [3.63, 3.8) is 0 Å². The average Bonchev–Trinajstić information content (AvgIpc) is 2.26. The molecule has 0 atom stereocenters. The number of carbonyl (C=O) groups is 1. The Kier molecular flexibility index (Phi) is 4.77. The van der Waals surface area contributed by atoms with Gasteiger partial charge in [0.05, 0.1) is 25.2 Å². The summed E-state index contributed by atoms with van der Waals surface area (Å²) in [5.74, 6) is 4.82. The van der Waals surface area contributed by atoms with Crippen molar-refractivity contribution in [2.75, 3.05) is 25.2 Å². The van der Waals surface area contributed by atoms with Crippen LogP contribution in [0.3, 0.4) is 0 Å². The number of carbonyl (C=O) groups excluding carboxylic acids is 1. The smallest absolute Gasteiger partial charge is 0.384 e. The van der Waals surface area contributed by atoms with Gasteiger partial charge in [0.1, 0.15) is 9.84 Å². The van der Waals surface area contributed by atoms with Crippen molar-refractivity contribution in [2.24, 2.45) is 0 Å². The van der Waals surface area contributed by atoms with Crippen LogP contribution in [0, 0.1) is 11.8 Å². The monoisotopic (exact) mass is 245 g/mol. The van der Waals surface area contributed by atoms with E-state index in [0.717, 1.165) is 0 Å². The van der Waals surface area contributed by atoms with E-state index >= 15 is 0 Å². The van der Waals surface area contributed by atoms with Gasteiger partial charge >= 0.3 is 5.97 Å². The molecule has 1 aliphatic rings. The average molecular weight is 245 g/mol. The van der Waals surface area contributed by atoms with Crippen molar-refractivity contribution in [1.82, 2.24) is 5.32 Å². The molecule has 0 spiro atoms. The van der Waals surface area contributed by atoms with Gasteiger partial charge in [-0.3, -0.25) is 0 Å². The fraction of sp³-hybridized carbons (Fsp3) is 0.700. The summed E-state index contributed by atoms with van der Waals surface area (Å²) >= 11 is 0. The highest BCUT2D eigenvalue weighted by Gasteiger charge is 2.22. The van der Waals surface area contributed by atoms with Crippen LogP contribution in [0.2, 0.25) is 0 Å². The summed E-state index contributed by atoms with van der Waals surface area (Å²) < 4.78 is 26.6. The first-order valence-corrected chi connectivity index (χ1v) is 6.86. The highest BCUT2D eigenvalue weighted by Crippen LogP contribution is 2.11. The number of sulfone groups is 1. The highest BCUT2D eigenvalue weighted by atomic mass is 32.2. The summed E-state index contributed by atoms with van der Waals surface area (Å²) in [6.07, 6.45) is 1.23. The maximum Gasteiger partial charge on any atom is 0.384 e. The van der Waals surface area contributed by atoms with Gasteiger partial charge in [-0.15, -0.1) is 0 Å². The summed E-state index contributed by atoms with van der Waals surface area (Å²) in [4.78, 5) is 10.6. The molecule has 0 aliphatic carbocycles. The van der Waals surface area contributed by atoms with Crippen LogP contribution in [-0.2, 0) is 19.4 Å². The maximum absolute atomic E-state index is 11.1. The Bertz CT molecular complexity index is 390. The molecule has 0 unspecified atom stereocenters. The molecule has 1 fully saturated rings. The van der Waals surface area contributed by atoms with E-state index in [1.54, 1.807) is 0 Å². The molecule has 1 heterocycles. The van der Waals surface area contributed by atoms with Crippen molar-refractivity contribution in [1.29, 1.82) is 0 Å². The minimum atomic E-state index is -2.81. The zero-order valence-electron chi connectivity index (χ0n) is 9.15. The van der Waals surface area contributed by atoms with Crippen molar-refractivity contribution in [3.8, 4) is 11.8 Å². The Morgan fingerprint density at radius 1 is 1.44 bits per heavy atom. The normalized spacial score (nSPS) is 19.6. The molecule has 1 aliphatic heterocycles. The van der Waals surface area contributed by atoms with Crippen LogP contribution in [0.1, 0.15) is 12.8 Å². The van der Waals surface area contributed by atoms with Crippen molar-refractivity contribution < 1.29 is 17.9 Å². The molecule has 0 aromatic carbocycles. The van der Waals surface area contributed by atoms with E-state index in [9.17, 15) is 13.2 Å². The van der Waals surface area contributed by atoms with Gasteiger partial charge in [0.25, 0.3) is 0 Å². The van der Waals surface area contributed by atoms with E-state index in [1.165, 1.54) is 7.11 Å². The fourth-order valence-electron chi connectivity index (χ4n) is 1.46. The predicted octanol–water partition coefficient (Wildman–Crippen LogP) is -0.670. The second-order valence-corrected chi connectivity index (χ2v) is 5.90. The summed E-state index contributed by atoms with van der Waals surface area (Å²) in [6.45, 7) is 0.375. The molecular weight excluding hydrogens is 230 g/mol. The van der Waals surface area contributed by atoms with Gasteiger partial charge in [-0.2, -0.15) is 0 Å². The number of nitrogens with one attached hydrogen (secondary N) is 1. The number of hydrogen-bond donors (Lipinski definition) is 1. The van der Waals surface area contributed by atoms with E-state index in [2.05, 4.69) is 21.9 Å². The van der Waals surface area contributed by atoms with E-state index < -0.39 is 15.8 Å². The quantitative estimate of drug-likeness (QED) is 0.397. The van der Waals surface area contributed by atoms with Crippen molar-refractivity contribution in [3.05, 3.63) is 0 Å². The van der Waals surface area contributed by atoms with E-state index in [4.69, 9.17) is 0 Å². The van der Waals surface area contributed by atoms with Crippen molar-refractivity contribution >= 4 is 15.8 Å². The Morgan fingerprint density at radius 3 is 2.62 bits per heavy atom. The lowest BCUT2D eigenvalue weighted by molar-refractivity contribution is -0.133. The molecule has 5 nitrogen and oxygen atoms in total. The van der Waals surface area contributed by atoms with E-state index in [-0.39, 0.29) is 17.5 Å². The summed E-state index contributed by atoms with van der Waals surface area (Å²) in [6, 6.07) is 0.176. The van der Waals surface area contributed by atoms with Gasteiger partial charge in [-0.25, -0.2) is 13.2 Å². The lowest BCUT2D eigenvalue weighted by Crippen LogP contribution is -2.37. The molecule has 0 radical (unpaired) electrons. The van der Waals surface area contributed by atoms with Crippen LogP contribution in [0.5, 0.6) is 0 Å². The summed E-state index contributed by atoms with van der Waals surface area (Å²) in [7, 11) is -1.54. The number of rotatable bonds is 2. The first-order valence-electron chi connectivity index (χ1n) is 5.04. The van der Waals surface area contributed by atoms with Gasteiger partial charge < -0.3 is 10.1 Å². The van der Waals surface area contributed by atoms with Crippen LogP contribution >= 0.6 is 0 Å². The number of methoxy groups -OCH3 is 1. The Labute approximate surface area is 95.5 Å². The van der Waals surface area contributed by atoms with Gasteiger partial charge in [-0.05, 0) is 12.8 Å². The molecule has 1 N–H and O–H groups in total. The van der Waals surface area contributed by atoms with Crippen LogP contribution in [0.25, 0.3) is 0 Å². The van der Waals surface area contributed by atoms with Gasteiger partial charge in [0.2, 0.25) is 0 Å². The fourth-order valence-corrected chi connectivity index (χ4v) is 2.95. The zero-order valence-corrected chi connectivity index (χ0v) is 9.97. The van der Waals surface area contributed by atoms with Crippen LogP contribution < -0.4 is 5.32 Å². The SMILES string of the molecule is COC(=O)C#CCNC1CCS(=O)(=O)CC1. The minimum Gasteiger partial charge on any atom is -0.459 e. The third kappa shape index (κ3) is 4.64. The predicted molar refractivity (Wildman–Crippen MR) is 59.5 cm³/mol. The van der Waals surface area contributed by atoms with E-state index in [0.29, 0.717) is 19.4 Å². The molecule has 90 valence electrons. The molecular formula is C10H15NO4S. The number of ether oxygens (including phenoxy) is 1. The van der Waals surface area contributed by atoms with E-state index in [1.807, 2.05) is 0 Å². The standard InChI is InChI=1S/C10H15NO4S/c1-15-10(12)3-2-6-11-9-4-7-16(13,14)8-5-9/h9,11H,4-8H2,1H3. The lowest BCUT2D eigenvalue weighted by Gasteiger charge is -2.21. The zero-order chi connectivity index (χ0) is 12.0. The molecule has 1 saturated heterocycles. The molecule has 0 saturated carbocycles. The maximum atomic E-state index is 11.1. The van der Waals surface area contributed by atoms with Crippen LogP contribution in [0.15, 0.2) is 0 Å². The highest BCUT2D eigenvalue weighted by molar-refractivity contribution is 7.91. The second kappa shape index (κ2) is 5.87. The third-order valence-corrected chi connectivity index (χ3v) is 4.13. The largest absolute Gasteiger partial charge is 0.459 e. The molecule has 0 aromatic heterocycles. The molecule has 0 amide bonds. The lowest BCUT2D eigenvalue weighted by atomic mass is 10.1. The van der Waals surface area contributed by atoms with Crippen LogP contribution in [-0.4, -0.2) is 45.6 Å². The number of hydrogen-bond acceptors (Lipinski definition) is 5. The summed E-state index contributed by atoms with van der Waals surface area (Å²) in [5.41, 5.74) is 0. The Morgan fingerprint density at radius 2 is 2.06 bits per heavy atom. The summed E-state index contributed by atoms with van der Waals surface area (Å²) in [5, 5.41) is 3.09. The minimum absolute atomic E-state index is 0.176. The molecule has 16 heavy (non-hydrogen) atoms. The molecule has 0 aromatic rings. The van der Waals surface area contributed by atoms with Gasteiger partial charge in [0.15, 0.2) is 0 Å². The molecule has 1 rings (SSSR count). The van der Waals surface area contributed by atoms with Gasteiger partial charge in [0, 0.05) is 12.0 Å². The van der Waals surface area contributed by atoms with Gasteiger partial charge in [-0.1, -0.05) is 5.92 Å². The Hall–Kier alpha value is -1.06. The first kappa shape index (κ1) is 13.0. The topological polar surface area (TPSA) is 72.5 Å².